The number of carbonyl (C=O) groups is 2. The van der Waals surface area contributed by atoms with Crippen LogP contribution in [0.1, 0.15) is 28.7 Å². The van der Waals surface area contributed by atoms with E-state index in [2.05, 4.69) is 5.32 Å². The van der Waals surface area contributed by atoms with Crippen molar-refractivity contribution in [3.8, 4) is 5.75 Å². The summed E-state index contributed by atoms with van der Waals surface area (Å²) in [6, 6.07) is 22.5. The molecule has 1 amide bonds. The predicted octanol–water partition coefficient (Wildman–Crippen LogP) is 2.23. The third kappa shape index (κ3) is 5.94. The van der Waals surface area contributed by atoms with Crippen molar-refractivity contribution >= 4 is 17.6 Å². The maximum absolute atomic E-state index is 13.2. The van der Waals surface area contributed by atoms with E-state index >= 15 is 0 Å². The lowest BCUT2D eigenvalue weighted by Crippen LogP contribution is -2.44. The fraction of sp³-hybridized carbons (Fsp3) is 0.259. The molecule has 1 heterocycles. The number of carboxylic acids is 1. The van der Waals surface area contributed by atoms with Crippen LogP contribution in [0.15, 0.2) is 72.8 Å². The molecule has 0 fully saturated rings. The second-order valence-electron chi connectivity index (χ2n) is 8.40. The molecule has 4 rings (SSSR count). The second kappa shape index (κ2) is 10.9. The summed E-state index contributed by atoms with van der Waals surface area (Å²) >= 11 is 0. The highest BCUT2D eigenvalue weighted by atomic mass is 16.5. The Morgan fingerprint density at radius 3 is 2.47 bits per heavy atom. The summed E-state index contributed by atoms with van der Waals surface area (Å²) in [5.41, 5.74) is 10.4. The maximum atomic E-state index is 13.2. The number of amides is 1. The lowest BCUT2D eigenvalue weighted by Gasteiger charge is -2.25. The Kier molecular flexibility index (Phi) is 7.44. The Hall–Kier alpha value is -3.84. The molecule has 0 aromatic heterocycles. The highest BCUT2D eigenvalue weighted by molar-refractivity contribution is 5.89. The number of rotatable bonds is 9. The van der Waals surface area contributed by atoms with Gasteiger partial charge in [-0.05, 0) is 46.9 Å². The number of carboxylic acid groups (broad SMARTS) is 1. The molecule has 0 spiro atoms. The Morgan fingerprint density at radius 2 is 1.76 bits per heavy atom. The molecular formula is C27H28N3O4-. The fourth-order valence-electron chi connectivity index (χ4n) is 4.03. The van der Waals surface area contributed by atoms with Gasteiger partial charge in [0.15, 0.2) is 0 Å². The molecule has 0 bridgehead atoms. The van der Waals surface area contributed by atoms with Gasteiger partial charge in [-0.3, -0.25) is 4.79 Å². The summed E-state index contributed by atoms with van der Waals surface area (Å²) in [6.45, 7) is 1.72. The predicted molar refractivity (Wildman–Crippen MR) is 128 cm³/mol. The maximum Gasteiger partial charge on any atom is 0.245 e. The molecule has 3 N–H and O–H groups in total. The van der Waals surface area contributed by atoms with Crippen LogP contribution in [0.25, 0.3) is 0 Å². The second-order valence-corrected chi connectivity index (χ2v) is 8.40. The number of fused-ring (bicyclic) bond motifs is 1. The van der Waals surface area contributed by atoms with Crippen molar-refractivity contribution in [1.29, 1.82) is 0 Å². The van der Waals surface area contributed by atoms with E-state index < -0.39 is 18.4 Å². The minimum absolute atomic E-state index is 0.242. The molecule has 1 aliphatic heterocycles. The van der Waals surface area contributed by atoms with Gasteiger partial charge in [-0.15, -0.1) is 0 Å². The lowest BCUT2D eigenvalue weighted by molar-refractivity contribution is -0.305. The summed E-state index contributed by atoms with van der Waals surface area (Å²) in [5.74, 6) is -0.774. The van der Waals surface area contributed by atoms with Gasteiger partial charge in [-0.2, -0.15) is 0 Å². The first-order valence-corrected chi connectivity index (χ1v) is 11.3. The fourth-order valence-corrected chi connectivity index (χ4v) is 4.03. The summed E-state index contributed by atoms with van der Waals surface area (Å²) in [6.07, 6.45) is 0.295. The van der Waals surface area contributed by atoms with Gasteiger partial charge in [0, 0.05) is 37.7 Å². The Labute approximate surface area is 199 Å². The van der Waals surface area contributed by atoms with Crippen LogP contribution < -0.4 is 20.9 Å². The van der Waals surface area contributed by atoms with Gasteiger partial charge in [-0.1, -0.05) is 54.6 Å². The SMILES string of the molecule is NCc1ccc(OCc2ccc3c(c2)NC(CC(=O)[O-])C(=O)N(CCc2ccccc2)C3)cc1. The van der Waals surface area contributed by atoms with Crippen molar-refractivity contribution < 1.29 is 19.4 Å². The van der Waals surface area contributed by atoms with Gasteiger partial charge in [0.25, 0.3) is 0 Å². The standard InChI is InChI=1S/C27H29N3O4/c28-16-20-7-10-23(11-8-20)34-18-21-6-9-22-17-30(13-12-19-4-2-1-3-5-19)27(33)25(15-26(31)32)29-24(22)14-21/h1-11,14,25,29H,12-13,15-18,28H2,(H,31,32)/p-1. The Morgan fingerprint density at radius 1 is 1.03 bits per heavy atom. The number of nitrogens with zero attached hydrogens (tertiary/aromatic N) is 1. The average Bonchev–Trinajstić information content (AvgIpc) is 2.98. The zero-order chi connectivity index (χ0) is 23.9. The largest absolute Gasteiger partial charge is 0.550 e. The number of hydrogen-bond donors (Lipinski definition) is 2. The number of hydrogen-bond acceptors (Lipinski definition) is 6. The van der Waals surface area contributed by atoms with Gasteiger partial charge in [0.1, 0.15) is 18.4 Å². The monoisotopic (exact) mass is 458 g/mol. The first-order chi connectivity index (χ1) is 16.5. The van der Waals surface area contributed by atoms with Crippen molar-refractivity contribution in [2.45, 2.75) is 38.6 Å². The van der Waals surface area contributed by atoms with Gasteiger partial charge in [0.2, 0.25) is 5.91 Å². The molecule has 7 heteroatoms. The molecule has 176 valence electrons. The quantitative estimate of drug-likeness (QED) is 0.509. The summed E-state index contributed by atoms with van der Waals surface area (Å²) in [4.78, 5) is 26.2. The van der Waals surface area contributed by atoms with E-state index in [4.69, 9.17) is 10.5 Å². The molecular weight excluding hydrogens is 430 g/mol. The number of ether oxygens (including phenoxy) is 1. The number of benzene rings is 3. The van der Waals surface area contributed by atoms with Gasteiger partial charge < -0.3 is 30.6 Å². The molecule has 0 saturated heterocycles. The van der Waals surface area contributed by atoms with Crippen LogP contribution in [0.2, 0.25) is 0 Å². The van der Waals surface area contributed by atoms with Crippen molar-refractivity contribution in [3.63, 3.8) is 0 Å². The minimum Gasteiger partial charge on any atom is -0.550 e. The van der Waals surface area contributed by atoms with Crippen molar-refractivity contribution in [2.24, 2.45) is 5.73 Å². The van der Waals surface area contributed by atoms with Crippen LogP contribution >= 0.6 is 0 Å². The summed E-state index contributed by atoms with van der Waals surface area (Å²) < 4.78 is 5.88. The van der Waals surface area contributed by atoms with E-state index in [1.807, 2.05) is 72.8 Å². The van der Waals surface area contributed by atoms with Crippen LogP contribution in [-0.4, -0.2) is 29.4 Å². The lowest BCUT2D eigenvalue weighted by atomic mass is 10.1. The first kappa shape index (κ1) is 23.3. The zero-order valence-electron chi connectivity index (χ0n) is 18.9. The Bertz CT molecular complexity index is 1130. The molecule has 1 unspecified atom stereocenters. The number of aliphatic carboxylic acids is 1. The summed E-state index contributed by atoms with van der Waals surface area (Å²) in [7, 11) is 0. The highest BCUT2D eigenvalue weighted by Gasteiger charge is 2.29. The third-order valence-corrected chi connectivity index (χ3v) is 5.92. The van der Waals surface area contributed by atoms with Crippen LogP contribution in [0.3, 0.4) is 0 Å². The van der Waals surface area contributed by atoms with Gasteiger partial charge >= 0.3 is 0 Å². The molecule has 3 aromatic carbocycles. The highest BCUT2D eigenvalue weighted by Crippen LogP contribution is 2.26. The van der Waals surface area contributed by atoms with Crippen LogP contribution in [0.4, 0.5) is 5.69 Å². The first-order valence-electron chi connectivity index (χ1n) is 11.3. The van der Waals surface area contributed by atoms with E-state index in [1.54, 1.807) is 4.90 Å². The molecule has 0 saturated carbocycles. The molecule has 0 aliphatic carbocycles. The topological polar surface area (TPSA) is 108 Å². The number of nitrogens with one attached hydrogen (secondary N) is 1. The molecule has 1 atom stereocenters. The van der Waals surface area contributed by atoms with E-state index in [1.165, 1.54) is 0 Å². The van der Waals surface area contributed by atoms with Crippen molar-refractivity contribution in [1.82, 2.24) is 4.90 Å². The molecule has 7 nitrogen and oxygen atoms in total. The van der Waals surface area contributed by atoms with Crippen LogP contribution in [0.5, 0.6) is 5.75 Å². The summed E-state index contributed by atoms with van der Waals surface area (Å²) in [5, 5.41) is 14.5. The number of nitrogens with two attached hydrogens (primary N) is 1. The van der Waals surface area contributed by atoms with E-state index in [9.17, 15) is 14.7 Å². The van der Waals surface area contributed by atoms with E-state index in [-0.39, 0.29) is 5.91 Å². The average molecular weight is 459 g/mol. The van der Waals surface area contributed by atoms with E-state index in [0.29, 0.717) is 32.7 Å². The van der Waals surface area contributed by atoms with Crippen molar-refractivity contribution in [2.75, 3.05) is 11.9 Å². The molecule has 34 heavy (non-hydrogen) atoms. The van der Waals surface area contributed by atoms with Crippen LogP contribution in [0, 0.1) is 0 Å². The van der Waals surface area contributed by atoms with Crippen LogP contribution in [-0.2, 0) is 35.7 Å². The number of carbonyl (C=O) groups excluding carboxylic acids is 2. The number of anilines is 1. The smallest absolute Gasteiger partial charge is 0.245 e. The minimum atomic E-state index is -1.27. The van der Waals surface area contributed by atoms with Crippen molar-refractivity contribution in [3.05, 3.63) is 95.1 Å². The molecule has 0 radical (unpaired) electrons. The zero-order valence-corrected chi connectivity index (χ0v) is 18.9. The van der Waals surface area contributed by atoms with Gasteiger partial charge in [0.05, 0.1) is 0 Å². The molecule has 1 aliphatic rings. The molecule has 3 aromatic rings. The Balaban J connectivity index is 1.50. The third-order valence-electron chi connectivity index (χ3n) is 5.92. The normalized spacial score (nSPS) is 15.3. The van der Waals surface area contributed by atoms with E-state index in [0.717, 1.165) is 33.7 Å². The van der Waals surface area contributed by atoms with Gasteiger partial charge in [-0.25, -0.2) is 0 Å².